The Morgan fingerprint density at radius 3 is 2.52 bits per heavy atom. The first-order chi connectivity index (χ1) is 11.2. The fourth-order valence-corrected chi connectivity index (χ4v) is 3.70. The molecular formula is C17H21N3O3. The van der Waals surface area contributed by atoms with Crippen molar-refractivity contribution in [2.45, 2.75) is 31.4 Å². The molecule has 1 aromatic heterocycles. The van der Waals surface area contributed by atoms with Crippen molar-refractivity contribution in [2.24, 2.45) is 5.41 Å². The molecule has 0 amide bonds. The molecule has 1 atom stereocenters. The fourth-order valence-electron chi connectivity index (χ4n) is 3.70. The molecule has 1 N–H and O–H groups in total. The lowest BCUT2D eigenvalue weighted by Crippen LogP contribution is -2.35. The van der Waals surface area contributed by atoms with Gasteiger partial charge in [0.2, 0.25) is 0 Å². The van der Waals surface area contributed by atoms with Gasteiger partial charge in [-0.3, -0.25) is 0 Å². The van der Waals surface area contributed by atoms with Crippen LogP contribution in [0.2, 0.25) is 0 Å². The van der Waals surface area contributed by atoms with Crippen LogP contribution in [0.5, 0.6) is 11.5 Å². The van der Waals surface area contributed by atoms with Gasteiger partial charge in [0.15, 0.2) is 17.3 Å². The maximum absolute atomic E-state index is 5.40. The number of aromatic nitrogens is 2. The number of hydrogen-bond donors (Lipinski definition) is 1. The Balaban J connectivity index is 1.61. The molecule has 122 valence electrons. The second kappa shape index (κ2) is 5.23. The molecule has 6 heteroatoms. The molecule has 6 nitrogen and oxygen atoms in total. The summed E-state index contributed by atoms with van der Waals surface area (Å²) in [5, 5.41) is 14.0. The molecule has 2 saturated carbocycles. The van der Waals surface area contributed by atoms with Crippen LogP contribution in [0.3, 0.4) is 0 Å². The van der Waals surface area contributed by atoms with Gasteiger partial charge in [-0.2, -0.15) is 5.10 Å². The molecule has 0 saturated heterocycles. The Hall–Kier alpha value is -2.08. The quantitative estimate of drug-likeness (QED) is 0.915. The average Bonchev–Trinajstić information content (AvgIpc) is 3.26. The number of anilines is 1. The SMILES string of the molecule is COc1cc2cnnc(NC3CC34CC(OC)C4)c2cc1OC. The molecule has 0 aliphatic heterocycles. The molecule has 0 radical (unpaired) electrons. The molecular weight excluding hydrogens is 294 g/mol. The van der Waals surface area contributed by atoms with E-state index in [1.807, 2.05) is 12.1 Å². The molecule has 2 fully saturated rings. The maximum atomic E-state index is 5.40. The minimum atomic E-state index is 0.404. The highest BCUT2D eigenvalue weighted by Crippen LogP contribution is 2.62. The van der Waals surface area contributed by atoms with Gasteiger partial charge in [-0.1, -0.05) is 0 Å². The van der Waals surface area contributed by atoms with E-state index in [0.29, 0.717) is 29.1 Å². The molecule has 4 rings (SSSR count). The van der Waals surface area contributed by atoms with Gasteiger partial charge >= 0.3 is 0 Å². The number of nitrogens with zero attached hydrogens (tertiary/aromatic N) is 2. The van der Waals surface area contributed by atoms with Crippen molar-refractivity contribution in [1.29, 1.82) is 0 Å². The zero-order valence-corrected chi connectivity index (χ0v) is 13.6. The fraction of sp³-hybridized carbons (Fsp3) is 0.529. The largest absolute Gasteiger partial charge is 0.493 e. The number of methoxy groups -OCH3 is 3. The third kappa shape index (κ3) is 2.28. The zero-order valence-electron chi connectivity index (χ0n) is 13.6. The first-order valence-corrected chi connectivity index (χ1v) is 7.86. The second-order valence-corrected chi connectivity index (χ2v) is 6.52. The van der Waals surface area contributed by atoms with Gasteiger partial charge in [0.25, 0.3) is 0 Å². The van der Waals surface area contributed by atoms with E-state index in [4.69, 9.17) is 14.2 Å². The van der Waals surface area contributed by atoms with Gasteiger partial charge in [-0.25, -0.2) is 0 Å². The lowest BCUT2D eigenvalue weighted by atomic mass is 9.78. The van der Waals surface area contributed by atoms with E-state index >= 15 is 0 Å². The number of nitrogens with one attached hydrogen (secondary N) is 1. The average molecular weight is 315 g/mol. The van der Waals surface area contributed by atoms with Gasteiger partial charge in [0, 0.05) is 23.9 Å². The standard InChI is InChI=1S/C17H21N3O3/c1-21-11-6-17(7-11)8-15(17)19-16-12-5-14(23-3)13(22-2)4-10(12)9-18-20-16/h4-5,9,11,15H,6-8H2,1-3H3,(H,19,20). The first-order valence-electron chi connectivity index (χ1n) is 7.86. The van der Waals surface area contributed by atoms with E-state index in [-0.39, 0.29) is 0 Å². The lowest BCUT2D eigenvalue weighted by molar-refractivity contribution is -0.0116. The van der Waals surface area contributed by atoms with E-state index in [0.717, 1.165) is 29.4 Å². The number of ether oxygens (including phenoxy) is 3. The van der Waals surface area contributed by atoms with Gasteiger partial charge in [0.1, 0.15) is 0 Å². The van der Waals surface area contributed by atoms with Crippen LogP contribution in [0.4, 0.5) is 5.82 Å². The van der Waals surface area contributed by atoms with Crippen molar-refractivity contribution < 1.29 is 14.2 Å². The predicted octanol–water partition coefficient (Wildman–Crippen LogP) is 2.63. The summed E-state index contributed by atoms with van der Waals surface area (Å²) >= 11 is 0. The Morgan fingerprint density at radius 2 is 1.83 bits per heavy atom. The maximum Gasteiger partial charge on any atom is 0.161 e. The highest BCUT2D eigenvalue weighted by molar-refractivity contribution is 5.93. The highest BCUT2D eigenvalue weighted by Gasteiger charge is 2.62. The van der Waals surface area contributed by atoms with Gasteiger partial charge in [-0.05, 0) is 36.8 Å². The van der Waals surface area contributed by atoms with E-state index in [9.17, 15) is 0 Å². The highest BCUT2D eigenvalue weighted by atomic mass is 16.5. The van der Waals surface area contributed by atoms with Crippen molar-refractivity contribution in [1.82, 2.24) is 10.2 Å². The molecule has 1 unspecified atom stereocenters. The van der Waals surface area contributed by atoms with E-state index < -0.39 is 0 Å². The molecule has 1 spiro atoms. The summed E-state index contributed by atoms with van der Waals surface area (Å²) in [5.74, 6) is 2.21. The Morgan fingerprint density at radius 1 is 1.09 bits per heavy atom. The number of rotatable bonds is 5. The molecule has 0 bridgehead atoms. The summed E-state index contributed by atoms with van der Waals surface area (Å²) in [5.41, 5.74) is 0.404. The minimum absolute atomic E-state index is 0.404. The summed E-state index contributed by atoms with van der Waals surface area (Å²) in [6.07, 6.45) is 5.62. The molecule has 1 aromatic carbocycles. The molecule has 1 heterocycles. The minimum Gasteiger partial charge on any atom is -0.493 e. The molecule has 2 aromatic rings. The van der Waals surface area contributed by atoms with Crippen LogP contribution in [-0.4, -0.2) is 43.7 Å². The number of fused-ring (bicyclic) bond motifs is 1. The molecule has 2 aliphatic rings. The third-order valence-corrected chi connectivity index (χ3v) is 5.27. The Kier molecular flexibility index (Phi) is 3.30. The summed E-state index contributed by atoms with van der Waals surface area (Å²) in [4.78, 5) is 0. The summed E-state index contributed by atoms with van der Waals surface area (Å²) in [6.45, 7) is 0. The van der Waals surface area contributed by atoms with E-state index in [2.05, 4.69) is 15.5 Å². The van der Waals surface area contributed by atoms with Crippen LogP contribution in [0.25, 0.3) is 10.8 Å². The van der Waals surface area contributed by atoms with Crippen LogP contribution < -0.4 is 14.8 Å². The monoisotopic (exact) mass is 315 g/mol. The number of benzene rings is 1. The van der Waals surface area contributed by atoms with Crippen molar-refractivity contribution in [3.05, 3.63) is 18.3 Å². The van der Waals surface area contributed by atoms with Gasteiger partial charge in [-0.15, -0.1) is 5.10 Å². The predicted molar refractivity (Wildman–Crippen MR) is 87.1 cm³/mol. The van der Waals surface area contributed by atoms with Crippen LogP contribution in [0, 0.1) is 5.41 Å². The van der Waals surface area contributed by atoms with Gasteiger partial charge in [0.05, 0.1) is 26.5 Å². The smallest absolute Gasteiger partial charge is 0.161 e. The van der Waals surface area contributed by atoms with Crippen LogP contribution in [-0.2, 0) is 4.74 Å². The number of hydrogen-bond acceptors (Lipinski definition) is 6. The van der Waals surface area contributed by atoms with E-state index in [1.54, 1.807) is 27.5 Å². The van der Waals surface area contributed by atoms with Gasteiger partial charge < -0.3 is 19.5 Å². The zero-order chi connectivity index (χ0) is 16.0. The van der Waals surface area contributed by atoms with Crippen molar-refractivity contribution in [3.63, 3.8) is 0 Å². The van der Waals surface area contributed by atoms with E-state index in [1.165, 1.54) is 6.42 Å². The Bertz CT molecular complexity index is 743. The van der Waals surface area contributed by atoms with Crippen molar-refractivity contribution in [3.8, 4) is 11.5 Å². The third-order valence-electron chi connectivity index (χ3n) is 5.27. The van der Waals surface area contributed by atoms with Crippen LogP contribution >= 0.6 is 0 Å². The van der Waals surface area contributed by atoms with Crippen molar-refractivity contribution >= 4 is 16.6 Å². The van der Waals surface area contributed by atoms with Crippen LogP contribution in [0.1, 0.15) is 19.3 Å². The normalized spacial score (nSPS) is 28.5. The summed E-state index contributed by atoms with van der Waals surface area (Å²) in [6, 6.07) is 4.35. The van der Waals surface area contributed by atoms with Crippen LogP contribution in [0.15, 0.2) is 18.3 Å². The summed E-state index contributed by atoms with van der Waals surface area (Å²) in [7, 11) is 5.06. The summed E-state index contributed by atoms with van der Waals surface area (Å²) < 4.78 is 16.2. The lowest BCUT2D eigenvalue weighted by Gasteiger charge is -2.35. The topological polar surface area (TPSA) is 65.5 Å². The molecule has 2 aliphatic carbocycles. The van der Waals surface area contributed by atoms with Crippen molar-refractivity contribution in [2.75, 3.05) is 26.6 Å². The first kappa shape index (κ1) is 14.5. The second-order valence-electron chi connectivity index (χ2n) is 6.52. The molecule has 23 heavy (non-hydrogen) atoms. The Labute approximate surface area is 135 Å².